The summed E-state index contributed by atoms with van der Waals surface area (Å²) < 4.78 is 31.5. The molecule has 192 valence electrons. The van der Waals surface area contributed by atoms with Gasteiger partial charge in [-0.2, -0.15) is 0 Å². The first kappa shape index (κ1) is 28.2. The first-order valence-electron chi connectivity index (χ1n) is 11.6. The van der Waals surface area contributed by atoms with Crippen molar-refractivity contribution >= 4 is 27.5 Å². The van der Waals surface area contributed by atoms with E-state index in [0.717, 1.165) is 28.1 Å². The van der Waals surface area contributed by atoms with Crippen LogP contribution in [0.25, 0.3) is 0 Å². The fourth-order valence-electron chi connectivity index (χ4n) is 3.50. The number of amides is 2. The van der Waals surface area contributed by atoms with Crippen LogP contribution >= 0.6 is 0 Å². The maximum Gasteiger partial charge on any atom is 0.244 e. The van der Waals surface area contributed by atoms with E-state index in [-0.39, 0.29) is 12.5 Å². The number of nitrogens with one attached hydrogen (secondary N) is 1. The first-order valence-corrected chi connectivity index (χ1v) is 13.4. The molecule has 9 heteroatoms. The molecule has 8 nitrogen and oxygen atoms in total. The molecule has 35 heavy (non-hydrogen) atoms. The molecule has 2 aromatic carbocycles. The number of aryl methyl sites for hydroxylation is 1. The van der Waals surface area contributed by atoms with E-state index < -0.39 is 34.1 Å². The summed E-state index contributed by atoms with van der Waals surface area (Å²) in [6.45, 7) is 8.94. The highest BCUT2D eigenvalue weighted by molar-refractivity contribution is 7.92. The lowest BCUT2D eigenvalue weighted by atomic mass is 10.1. The zero-order valence-corrected chi connectivity index (χ0v) is 22.5. The molecule has 0 heterocycles. The van der Waals surface area contributed by atoms with E-state index in [2.05, 4.69) is 5.32 Å². The number of benzene rings is 2. The van der Waals surface area contributed by atoms with Crippen LogP contribution in [0.5, 0.6) is 5.75 Å². The van der Waals surface area contributed by atoms with E-state index in [0.29, 0.717) is 11.4 Å². The minimum Gasteiger partial charge on any atom is -0.497 e. The topological polar surface area (TPSA) is 96.0 Å². The number of hydrogen-bond donors (Lipinski definition) is 1. The van der Waals surface area contributed by atoms with Crippen molar-refractivity contribution in [3.63, 3.8) is 0 Å². The van der Waals surface area contributed by atoms with Crippen LogP contribution in [-0.2, 0) is 32.6 Å². The lowest BCUT2D eigenvalue weighted by Gasteiger charge is -2.33. The van der Waals surface area contributed by atoms with E-state index in [1.54, 1.807) is 38.3 Å². The second-order valence-electron chi connectivity index (χ2n) is 9.57. The Bertz CT molecular complexity index is 1110. The van der Waals surface area contributed by atoms with Gasteiger partial charge in [0.05, 0.1) is 19.1 Å². The highest BCUT2D eigenvalue weighted by atomic mass is 32.2. The molecule has 0 aliphatic carbocycles. The lowest BCUT2D eigenvalue weighted by Crippen LogP contribution is -2.54. The smallest absolute Gasteiger partial charge is 0.244 e. The summed E-state index contributed by atoms with van der Waals surface area (Å²) in [5, 5.41) is 2.90. The molecule has 1 N–H and O–H groups in total. The van der Waals surface area contributed by atoms with Gasteiger partial charge in [0, 0.05) is 12.1 Å². The number of methoxy groups -OCH3 is 1. The minimum absolute atomic E-state index is 0.133. The van der Waals surface area contributed by atoms with Crippen LogP contribution in [0.2, 0.25) is 0 Å². The number of nitrogens with zero attached hydrogens (tertiary/aromatic N) is 2. The number of carbonyl (C=O) groups is 2. The Kier molecular flexibility index (Phi) is 9.31. The molecular formula is C26H37N3O5S. The molecule has 0 radical (unpaired) electrons. The molecule has 0 aliphatic heterocycles. The van der Waals surface area contributed by atoms with Gasteiger partial charge in [-0.1, -0.05) is 31.2 Å². The maximum atomic E-state index is 13.6. The monoisotopic (exact) mass is 503 g/mol. The molecule has 0 fully saturated rings. The van der Waals surface area contributed by atoms with Gasteiger partial charge in [-0.05, 0) is 69.5 Å². The van der Waals surface area contributed by atoms with Gasteiger partial charge in [0.15, 0.2) is 0 Å². The Labute approximate surface area is 209 Å². The molecule has 0 bridgehead atoms. The second-order valence-corrected chi connectivity index (χ2v) is 11.5. The Morgan fingerprint density at radius 1 is 1.00 bits per heavy atom. The van der Waals surface area contributed by atoms with Gasteiger partial charge in [0.1, 0.15) is 18.3 Å². The van der Waals surface area contributed by atoms with Crippen molar-refractivity contribution in [2.24, 2.45) is 0 Å². The zero-order chi connectivity index (χ0) is 26.4. The molecule has 2 amide bonds. The summed E-state index contributed by atoms with van der Waals surface area (Å²) in [7, 11) is -2.19. The molecule has 0 spiro atoms. The molecule has 2 aromatic rings. The summed E-state index contributed by atoms with van der Waals surface area (Å²) in [6.07, 6.45) is 1.88. The van der Waals surface area contributed by atoms with Crippen molar-refractivity contribution in [1.29, 1.82) is 0 Å². The highest BCUT2D eigenvalue weighted by Gasteiger charge is 2.31. The predicted molar refractivity (Wildman–Crippen MR) is 139 cm³/mol. The van der Waals surface area contributed by atoms with Gasteiger partial charge in [-0.15, -0.1) is 0 Å². The van der Waals surface area contributed by atoms with E-state index in [4.69, 9.17) is 4.74 Å². The van der Waals surface area contributed by atoms with E-state index >= 15 is 0 Å². The van der Waals surface area contributed by atoms with Crippen molar-refractivity contribution < 1.29 is 22.7 Å². The van der Waals surface area contributed by atoms with Crippen LogP contribution in [0.3, 0.4) is 0 Å². The highest BCUT2D eigenvalue weighted by Crippen LogP contribution is 2.21. The number of anilines is 1. The molecule has 1 unspecified atom stereocenters. The Balaban J connectivity index is 2.39. The fraction of sp³-hybridized carbons (Fsp3) is 0.462. The first-order chi connectivity index (χ1) is 16.2. The number of sulfonamides is 1. The summed E-state index contributed by atoms with van der Waals surface area (Å²) >= 11 is 0. The van der Waals surface area contributed by atoms with Gasteiger partial charge in [-0.3, -0.25) is 13.9 Å². The predicted octanol–water partition coefficient (Wildman–Crippen LogP) is 3.36. The third kappa shape index (κ3) is 8.28. The quantitative estimate of drug-likeness (QED) is 0.536. The van der Waals surface area contributed by atoms with E-state index in [9.17, 15) is 18.0 Å². The molecule has 2 rings (SSSR count). The fourth-order valence-corrected chi connectivity index (χ4v) is 4.35. The van der Waals surface area contributed by atoms with Crippen molar-refractivity contribution in [3.8, 4) is 5.75 Å². The van der Waals surface area contributed by atoms with Gasteiger partial charge < -0.3 is 15.0 Å². The number of rotatable bonds is 10. The van der Waals surface area contributed by atoms with Crippen molar-refractivity contribution in [2.75, 3.05) is 24.2 Å². The largest absolute Gasteiger partial charge is 0.497 e. The second kappa shape index (κ2) is 11.6. The van der Waals surface area contributed by atoms with Gasteiger partial charge >= 0.3 is 0 Å². The van der Waals surface area contributed by atoms with Gasteiger partial charge in [0.2, 0.25) is 21.8 Å². The van der Waals surface area contributed by atoms with Crippen molar-refractivity contribution in [1.82, 2.24) is 10.2 Å². The Morgan fingerprint density at radius 3 is 2.00 bits per heavy atom. The van der Waals surface area contributed by atoms with E-state index in [1.165, 1.54) is 4.90 Å². The molecule has 1 atom stereocenters. The van der Waals surface area contributed by atoms with Crippen molar-refractivity contribution in [2.45, 2.75) is 59.2 Å². The van der Waals surface area contributed by atoms with E-state index in [1.807, 2.05) is 52.0 Å². The van der Waals surface area contributed by atoms with Crippen LogP contribution in [0, 0.1) is 0 Å². The summed E-state index contributed by atoms with van der Waals surface area (Å²) in [4.78, 5) is 27.9. The third-order valence-corrected chi connectivity index (χ3v) is 6.63. The summed E-state index contributed by atoms with van der Waals surface area (Å²) in [6, 6.07) is 13.4. The summed E-state index contributed by atoms with van der Waals surface area (Å²) in [5.74, 6) is -0.135. The van der Waals surface area contributed by atoms with Crippen LogP contribution in [0.15, 0.2) is 48.5 Å². The maximum absolute atomic E-state index is 13.6. The minimum atomic E-state index is -3.75. The van der Waals surface area contributed by atoms with Gasteiger partial charge in [0.25, 0.3) is 0 Å². The average Bonchev–Trinajstić information content (AvgIpc) is 2.79. The zero-order valence-electron chi connectivity index (χ0n) is 21.7. The molecule has 0 saturated carbocycles. The van der Waals surface area contributed by atoms with Crippen molar-refractivity contribution in [3.05, 3.63) is 59.7 Å². The molecular weight excluding hydrogens is 466 g/mol. The normalized spacial score (nSPS) is 12.5. The Morgan fingerprint density at radius 2 is 1.54 bits per heavy atom. The Hall–Kier alpha value is -3.07. The van der Waals surface area contributed by atoms with Crippen LogP contribution in [0.1, 0.15) is 45.7 Å². The number of hydrogen-bond acceptors (Lipinski definition) is 5. The summed E-state index contributed by atoms with van der Waals surface area (Å²) in [5.41, 5.74) is 1.75. The van der Waals surface area contributed by atoms with Crippen LogP contribution < -0.4 is 14.4 Å². The molecule has 0 aliphatic rings. The third-order valence-electron chi connectivity index (χ3n) is 5.49. The molecule has 0 saturated heterocycles. The van der Waals surface area contributed by atoms with Gasteiger partial charge in [-0.25, -0.2) is 8.42 Å². The molecule has 0 aromatic heterocycles. The lowest BCUT2D eigenvalue weighted by molar-refractivity contribution is -0.140. The number of carbonyl (C=O) groups excluding carboxylic acids is 2. The standard InChI is InChI=1S/C26H37N3O5S/c1-8-20-9-13-22(14-10-20)29(35(7,32)33)18-24(30)28(19(2)25(31)27-26(3,4)5)17-21-11-15-23(34-6)16-12-21/h9-16,19H,8,17-18H2,1-7H3,(H,27,31). The average molecular weight is 504 g/mol. The van der Waals surface area contributed by atoms with Crippen LogP contribution in [-0.4, -0.2) is 56.6 Å². The number of ether oxygens (including phenoxy) is 1. The van der Waals surface area contributed by atoms with Crippen LogP contribution in [0.4, 0.5) is 5.69 Å². The SMILES string of the molecule is CCc1ccc(N(CC(=O)N(Cc2ccc(OC)cc2)C(C)C(=O)NC(C)(C)C)S(C)(=O)=O)cc1.